The Morgan fingerprint density at radius 1 is 1.08 bits per heavy atom. The summed E-state index contributed by atoms with van der Waals surface area (Å²) < 4.78 is 32.3. The van der Waals surface area contributed by atoms with Gasteiger partial charge in [0.15, 0.2) is 0 Å². The summed E-state index contributed by atoms with van der Waals surface area (Å²) in [5, 5.41) is 10.8. The summed E-state index contributed by atoms with van der Waals surface area (Å²) in [5.74, 6) is -2.74. The predicted octanol–water partition coefficient (Wildman–Crippen LogP) is 4.35. The normalized spacial score (nSPS) is 12.0. The molecule has 132 valence electrons. The molecule has 2 aromatic carbocycles. The van der Waals surface area contributed by atoms with E-state index in [1.807, 2.05) is 0 Å². The van der Waals surface area contributed by atoms with Crippen LogP contribution < -0.4 is 0 Å². The molecule has 0 N–H and O–H groups in total. The zero-order chi connectivity index (χ0) is 18.6. The van der Waals surface area contributed by atoms with Gasteiger partial charge in [-0.05, 0) is 37.1 Å². The number of nitro benzene ring substituents is 1. The second-order valence-electron chi connectivity index (χ2n) is 5.85. The van der Waals surface area contributed by atoms with Crippen molar-refractivity contribution in [1.29, 1.82) is 0 Å². The van der Waals surface area contributed by atoms with Crippen LogP contribution in [0.2, 0.25) is 0 Å². The second kappa shape index (κ2) is 7.83. The first-order valence-electron chi connectivity index (χ1n) is 7.66. The van der Waals surface area contributed by atoms with E-state index < -0.39 is 28.4 Å². The van der Waals surface area contributed by atoms with Crippen LogP contribution in [0.15, 0.2) is 42.5 Å². The van der Waals surface area contributed by atoms with Crippen LogP contribution in [0, 0.1) is 21.7 Å². The number of nitro groups is 1. The molecule has 0 spiro atoms. The van der Waals surface area contributed by atoms with Crippen LogP contribution in [0.4, 0.5) is 14.5 Å². The fraction of sp³-hybridized carbons (Fsp3) is 0.278. The zero-order valence-electron chi connectivity index (χ0n) is 13.7. The molecule has 5 nitrogen and oxygen atoms in total. The number of esters is 1. The Balaban J connectivity index is 2.40. The summed E-state index contributed by atoms with van der Waals surface area (Å²) in [5.41, 5.74) is 0.668. The van der Waals surface area contributed by atoms with E-state index in [2.05, 4.69) is 0 Å². The minimum absolute atomic E-state index is 0.113. The largest absolute Gasteiger partial charge is 0.463 e. The van der Waals surface area contributed by atoms with Crippen LogP contribution in [-0.4, -0.2) is 17.0 Å². The average molecular weight is 349 g/mol. The van der Waals surface area contributed by atoms with Gasteiger partial charge >= 0.3 is 5.97 Å². The lowest BCUT2D eigenvalue weighted by Gasteiger charge is -2.18. The molecule has 0 amide bonds. The number of carbonyl (C=O) groups excluding carboxylic acids is 1. The van der Waals surface area contributed by atoms with Crippen LogP contribution >= 0.6 is 0 Å². The van der Waals surface area contributed by atoms with Crippen LogP contribution in [0.5, 0.6) is 0 Å². The average Bonchev–Trinajstić information content (AvgIpc) is 2.51. The monoisotopic (exact) mass is 349 g/mol. The predicted molar refractivity (Wildman–Crippen MR) is 87.1 cm³/mol. The number of rotatable bonds is 6. The molecule has 0 bridgehead atoms. The Hall–Kier alpha value is -2.83. The van der Waals surface area contributed by atoms with Crippen LogP contribution in [-0.2, 0) is 9.53 Å². The Kier molecular flexibility index (Phi) is 5.80. The van der Waals surface area contributed by atoms with Gasteiger partial charge in [-0.2, -0.15) is 0 Å². The van der Waals surface area contributed by atoms with Crippen molar-refractivity contribution in [3.63, 3.8) is 0 Å². The molecule has 0 radical (unpaired) electrons. The van der Waals surface area contributed by atoms with Crippen molar-refractivity contribution in [3.05, 3.63) is 75.3 Å². The third-order valence-corrected chi connectivity index (χ3v) is 3.53. The van der Waals surface area contributed by atoms with Gasteiger partial charge in [0.1, 0.15) is 11.6 Å². The minimum Gasteiger partial charge on any atom is -0.463 e. The molecule has 7 heteroatoms. The molecule has 25 heavy (non-hydrogen) atoms. The molecule has 0 unspecified atom stereocenters. The number of carbonyl (C=O) groups is 1. The van der Waals surface area contributed by atoms with Gasteiger partial charge in [-0.1, -0.05) is 12.1 Å². The number of benzene rings is 2. The molecular formula is C18H17F2NO4. The maximum atomic E-state index is 13.6. The van der Waals surface area contributed by atoms with E-state index in [0.29, 0.717) is 5.56 Å². The number of non-ortho nitro benzene ring substituents is 1. The van der Waals surface area contributed by atoms with Gasteiger partial charge in [0.05, 0.1) is 17.4 Å². The lowest BCUT2D eigenvalue weighted by molar-refractivity contribution is -0.384. The van der Waals surface area contributed by atoms with Crippen LogP contribution in [0.1, 0.15) is 37.3 Å². The third kappa shape index (κ3) is 5.07. The lowest BCUT2D eigenvalue weighted by Crippen LogP contribution is -2.16. The number of ether oxygens (including phenoxy) is 1. The molecule has 0 saturated carbocycles. The highest BCUT2D eigenvalue weighted by atomic mass is 19.1. The fourth-order valence-electron chi connectivity index (χ4n) is 2.51. The maximum Gasteiger partial charge on any atom is 0.306 e. The summed E-state index contributed by atoms with van der Waals surface area (Å²) in [6.07, 6.45) is -0.465. The van der Waals surface area contributed by atoms with Crippen molar-refractivity contribution in [2.45, 2.75) is 32.3 Å². The molecule has 2 rings (SSSR count). The molecule has 0 aliphatic heterocycles. The summed E-state index contributed by atoms with van der Waals surface area (Å²) in [7, 11) is 0. The summed E-state index contributed by atoms with van der Waals surface area (Å²) >= 11 is 0. The van der Waals surface area contributed by atoms with Crippen molar-refractivity contribution in [3.8, 4) is 0 Å². The van der Waals surface area contributed by atoms with Crippen molar-refractivity contribution in [1.82, 2.24) is 0 Å². The van der Waals surface area contributed by atoms with Gasteiger partial charge in [0, 0.05) is 24.1 Å². The van der Waals surface area contributed by atoms with Gasteiger partial charge in [0.25, 0.3) is 5.69 Å². The van der Waals surface area contributed by atoms with Gasteiger partial charge < -0.3 is 4.74 Å². The summed E-state index contributed by atoms with van der Waals surface area (Å²) in [6.45, 7) is 3.39. The molecule has 0 aliphatic carbocycles. The SMILES string of the molecule is CC(C)OC(=O)C[C@H](c1ccc([N+](=O)[O-])cc1)c1cc(F)cc(F)c1. The standard InChI is InChI=1S/C18H17F2NO4/c1-11(2)25-18(22)10-17(13-7-14(19)9-15(20)8-13)12-3-5-16(6-4-12)21(23)24/h3-9,11,17H,10H2,1-2H3/t17-/m1/s1. The van der Waals surface area contributed by atoms with E-state index in [1.54, 1.807) is 13.8 Å². The molecule has 0 saturated heterocycles. The lowest BCUT2D eigenvalue weighted by atomic mass is 9.88. The fourth-order valence-corrected chi connectivity index (χ4v) is 2.51. The molecule has 1 atom stereocenters. The van der Waals surface area contributed by atoms with Gasteiger partial charge in [-0.15, -0.1) is 0 Å². The molecule has 0 heterocycles. The molecule has 2 aromatic rings. The van der Waals surface area contributed by atoms with Crippen LogP contribution in [0.25, 0.3) is 0 Å². The van der Waals surface area contributed by atoms with Gasteiger partial charge in [-0.25, -0.2) is 8.78 Å². The third-order valence-electron chi connectivity index (χ3n) is 3.53. The number of hydrogen-bond acceptors (Lipinski definition) is 4. The topological polar surface area (TPSA) is 69.4 Å². The number of halogens is 2. The van der Waals surface area contributed by atoms with E-state index in [1.165, 1.54) is 24.3 Å². The Morgan fingerprint density at radius 3 is 2.12 bits per heavy atom. The van der Waals surface area contributed by atoms with Crippen molar-refractivity contribution >= 4 is 11.7 Å². The van der Waals surface area contributed by atoms with E-state index in [4.69, 9.17) is 4.74 Å². The first-order valence-corrected chi connectivity index (χ1v) is 7.66. The van der Waals surface area contributed by atoms with Crippen molar-refractivity contribution < 1.29 is 23.2 Å². The highest BCUT2D eigenvalue weighted by molar-refractivity contribution is 5.71. The van der Waals surface area contributed by atoms with Crippen LogP contribution in [0.3, 0.4) is 0 Å². The number of hydrogen-bond donors (Lipinski definition) is 0. The quantitative estimate of drug-likeness (QED) is 0.442. The highest BCUT2D eigenvalue weighted by Gasteiger charge is 2.22. The summed E-state index contributed by atoms with van der Waals surface area (Å²) in [6, 6.07) is 8.51. The maximum absolute atomic E-state index is 13.6. The van der Waals surface area contributed by atoms with E-state index in [9.17, 15) is 23.7 Å². The smallest absolute Gasteiger partial charge is 0.306 e. The van der Waals surface area contributed by atoms with Gasteiger partial charge in [-0.3, -0.25) is 14.9 Å². The Morgan fingerprint density at radius 2 is 1.64 bits per heavy atom. The molecule has 0 aliphatic rings. The van der Waals surface area contributed by atoms with E-state index >= 15 is 0 Å². The molecule has 0 aromatic heterocycles. The Labute approximate surface area is 143 Å². The highest BCUT2D eigenvalue weighted by Crippen LogP contribution is 2.31. The molecule has 0 fully saturated rings. The minimum atomic E-state index is -0.765. The first kappa shape index (κ1) is 18.5. The number of nitrogens with zero attached hydrogens (tertiary/aromatic N) is 1. The molecular weight excluding hydrogens is 332 g/mol. The van der Waals surface area contributed by atoms with Crippen molar-refractivity contribution in [2.24, 2.45) is 0 Å². The van der Waals surface area contributed by atoms with Crippen molar-refractivity contribution in [2.75, 3.05) is 0 Å². The zero-order valence-corrected chi connectivity index (χ0v) is 13.7. The van der Waals surface area contributed by atoms with E-state index in [-0.39, 0.29) is 23.8 Å². The van der Waals surface area contributed by atoms with E-state index in [0.717, 1.165) is 18.2 Å². The van der Waals surface area contributed by atoms with Gasteiger partial charge in [0.2, 0.25) is 0 Å². The second-order valence-corrected chi connectivity index (χ2v) is 5.85. The first-order chi connectivity index (χ1) is 11.8. The Bertz CT molecular complexity index is 755. The summed E-state index contributed by atoms with van der Waals surface area (Å²) in [4.78, 5) is 22.3.